The summed E-state index contributed by atoms with van der Waals surface area (Å²) in [5.41, 5.74) is 2.19. The van der Waals surface area contributed by atoms with Crippen LogP contribution in [0.2, 0.25) is 0 Å². The second-order valence-corrected chi connectivity index (χ2v) is 9.91. The maximum atomic E-state index is 12.9. The van der Waals surface area contributed by atoms with E-state index < -0.39 is 24.3 Å². The smallest absolute Gasteiger partial charge is 0.325 e. The van der Waals surface area contributed by atoms with Crippen molar-refractivity contribution >= 4 is 17.9 Å². The van der Waals surface area contributed by atoms with Gasteiger partial charge in [0.2, 0.25) is 0 Å². The molecule has 0 radical (unpaired) electrons. The molecule has 3 aliphatic heterocycles. The van der Waals surface area contributed by atoms with E-state index in [0.29, 0.717) is 11.9 Å². The van der Waals surface area contributed by atoms with Crippen LogP contribution in [0.5, 0.6) is 5.75 Å². The topological polar surface area (TPSA) is 97.7 Å². The van der Waals surface area contributed by atoms with Crippen LogP contribution in [0.1, 0.15) is 56.6 Å². The molecule has 3 aliphatic rings. The number of aliphatic imine (C=N–C) groups is 1. The summed E-state index contributed by atoms with van der Waals surface area (Å²) >= 11 is 0. The monoisotopic (exact) mass is 471 g/mol. The average molecular weight is 472 g/mol. The molecule has 3 atom stereocenters. The van der Waals surface area contributed by atoms with Crippen molar-refractivity contribution in [2.75, 3.05) is 33.3 Å². The minimum Gasteiger partial charge on any atom is -0.491 e. The number of urea groups is 1. The highest BCUT2D eigenvalue weighted by Gasteiger charge is 2.50. The zero-order valence-electron chi connectivity index (χ0n) is 20.7. The molecule has 186 valence electrons. The Hall–Kier alpha value is -2.81. The van der Waals surface area contributed by atoms with E-state index >= 15 is 0 Å². The first kappa shape index (κ1) is 24.3. The molecule has 9 heteroatoms. The zero-order chi connectivity index (χ0) is 24.4. The summed E-state index contributed by atoms with van der Waals surface area (Å²) in [6.45, 7) is 8.23. The number of carbonyl (C=O) groups excluding carboxylic acids is 2. The second kappa shape index (κ2) is 10.2. The van der Waals surface area contributed by atoms with Crippen LogP contribution in [0.3, 0.4) is 0 Å². The number of guanidine groups is 1. The van der Waals surface area contributed by atoms with Gasteiger partial charge in [0, 0.05) is 20.1 Å². The predicted molar refractivity (Wildman–Crippen MR) is 130 cm³/mol. The Morgan fingerprint density at radius 3 is 2.56 bits per heavy atom. The van der Waals surface area contributed by atoms with E-state index in [9.17, 15) is 14.7 Å². The number of aliphatic hydroxyl groups is 1. The molecular formula is C25H37N5O4. The first-order valence-corrected chi connectivity index (χ1v) is 12.3. The lowest BCUT2D eigenvalue weighted by atomic mass is 10.0. The molecule has 1 aromatic rings. The van der Waals surface area contributed by atoms with Gasteiger partial charge in [-0.25, -0.2) is 9.79 Å². The molecule has 2 fully saturated rings. The fourth-order valence-electron chi connectivity index (χ4n) is 4.95. The number of rotatable bonds is 6. The van der Waals surface area contributed by atoms with Crippen molar-refractivity contribution in [3.05, 3.63) is 29.3 Å². The molecule has 2 saturated heterocycles. The number of aryl methyl sites for hydroxylation is 1. The van der Waals surface area contributed by atoms with Crippen LogP contribution in [0.4, 0.5) is 4.79 Å². The fraction of sp³-hybridized carbons (Fsp3) is 0.640. The van der Waals surface area contributed by atoms with Crippen molar-refractivity contribution in [1.29, 1.82) is 0 Å². The van der Waals surface area contributed by atoms with Crippen LogP contribution in [-0.2, 0) is 4.79 Å². The van der Waals surface area contributed by atoms with Gasteiger partial charge in [0.15, 0.2) is 18.2 Å². The predicted octanol–water partition coefficient (Wildman–Crippen LogP) is 2.28. The summed E-state index contributed by atoms with van der Waals surface area (Å²) in [6.07, 6.45) is 3.01. The summed E-state index contributed by atoms with van der Waals surface area (Å²) in [7, 11) is 1.65. The van der Waals surface area contributed by atoms with Gasteiger partial charge in [-0.3, -0.25) is 10.1 Å². The third-order valence-electron chi connectivity index (χ3n) is 6.86. The number of amides is 3. The van der Waals surface area contributed by atoms with Crippen LogP contribution in [0.15, 0.2) is 23.2 Å². The van der Waals surface area contributed by atoms with Crippen molar-refractivity contribution in [2.24, 2.45) is 4.99 Å². The Labute approximate surface area is 201 Å². The number of ether oxygens (including phenoxy) is 1. The molecule has 9 nitrogen and oxygen atoms in total. The van der Waals surface area contributed by atoms with E-state index in [-0.39, 0.29) is 19.1 Å². The average Bonchev–Trinajstić information content (AvgIpc) is 2.96. The molecule has 3 amide bonds. The summed E-state index contributed by atoms with van der Waals surface area (Å²) in [4.78, 5) is 35.4. The van der Waals surface area contributed by atoms with Gasteiger partial charge in [-0.2, -0.15) is 0 Å². The van der Waals surface area contributed by atoms with E-state index in [1.165, 1.54) is 17.7 Å². The molecule has 0 aliphatic carbocycles. The zero-order valence-corrected chi connectivity index (χ0v) is 20.7. The highest BCUT2D eigenvalue weighted by molar-refractivity contribution is 6.03. The van der Waals surface area contributed by atoms with Crippen LogP contribution < -0.4 is 10.1 Å². The largest absolute Gasteiger partial charge is 0.491 e. The Balaban J connectivity index is 1.52. The molecule has 0 aromatic heterocycles. The minimum absolute atomic E-state index is 0.0979. The van der Waals surface area contributed by atoms with Gasteiger partial charge in [-0.15, -0.1) is 0 Å². The van der Waals surface area contributed by atoms with Crippen molar-refractivity contribution in [2.45, 2.75) is 70.7 Å². The van der Waals surface area contributed by atoms with Crippen molar-refractivity contribution in [3.63, 3.8) is 0 Å². The lowest BCUT2D eigenvalue weighted by Gasteiger charge is -2.38. The first-order chi connectivity index (χ1) is 16.3. The lowest BCUT2D eigenvalue weighted by Crippen LogP contribution is -2.65. The van der Waals surface area contributed by atoms with Gasteiger partial charge in [0.1, 0.15) is 18.5 Å². The standard InChI is InChI=1S/C25H37N5O4/c1-16(2)19-10-9-17(3)13-20(19)34-15-18(31)14-30-21-22(28(4)25(33)27-23(21)32)26-24(30)29-11-7-5-6-8-12-29/h9-10,13,16,18,21-22,31H,5-8,11-12,14-15H2,1-4H3,(H,27,32,33). The van der Waals surface area contributed by atoms with Gasteiger partial charge >= 0.3 is 6.03 Å². The van der Waals surface area contributed by atoms with Crippen molar-refractivity contribution in [3.8, 4) is 5.75 Å². The highest BCUT2D eigenvalue weighted by Crippen LogP contribution is 2.29. The highest BCUT2D eigenvalue weighted by atomic mass is 16.5. The third-order valence-corrected chi connectivity index (χ3v) is 6.86. The number of β-amino-alcohol motifs (C(OH)–C–C–N with tert-alkyl or cyclic N) is 1. The SMILES string of the molecule is Cc1ccc(C(C)C)c(OCC(O)CN2C(N3CCCCCC3)=NC3C2C(=O)NC(=O)N3C)c1. The number of likely N-dealkylation sites (tertiary alicyclic amines) is 1. The fourth-order valence-corrected chi connectivity index (χ4v) is 4.95. The van der Waals surface area contributed by atoms with Crippen LogP contribution >= 0.6 is 0 Å². The number of nitrogens with zero attached hydrogens (tertiary/aromatic N) is 4. The number of hydrogen-bond donors (Lipinski definition) is 2. The van der Waals surface area contributed by atoms with E-state index in [1.54, 1.807) is 7.05 Å². The summed E-state index contributed by atoms with van der Waals surface area (Å²) < 4.78 is 6.06. The van der Waals surface area contributed by atoms with Crippen LogP contribution in [-0.4, -0.2) is 89.3 Å². The Morgan fingerprint density at radius 1 is 1.18 bits per heavy atom. The maximum Gasteiger partial charge on any atom is 0.325 e. The Kier molecular flexibility index (Phi) is 7.30. The molecule has 1 aromatic carbocycles. The van der Waals surface area contributed by atoms with Crippen molar-refractivity contribution < 1.29 is 19.4 Å². The Morgan fingerprint density at radius 2 is 1.88 bits per heavy atom. The molecule has 4 rings (SSSR count). The van der Waals surface area contributed by atoms with Gasteiger partial charge in [0.25, 0.3) is 5.91 Å². The Bertz CT molecular complexity index is 941. The molecule has 3 heterocycles. The van der Waals surface area contributed by atoms with Gasteiger partial charge in [-0.1, -0.05) is 38.8 Å². The van der Waals surface area contributed by atoms with Gasteiger partial charge in [-0.05, 0) is 42.9 Å². The number of carbonyl (C=O) groups is 2. The molecule has 3 unspecified atom stereocenters. The van der Waals surface area contributed by atoms with Crippen LogP contribution in [0.25, 0.3) is 0 Å². The number of likely N-dealkylation sites (N-methyl/N-ethyl adjacent to an activating group) is 1. The second-order valence-electron chi connectivity index (χ2n) is 9.91. The number of hydrogen-bond acceptors (Lipinski definition) is 7. The summed E-state index contributed by atoms with van der Waals surface area (Å²) in [5, 5.41) is 13.4. The van der Waals surface area contributed by atoms with E-state index in [2.05, 4.69) is 36.2 Å². The van der Waals surface area contributed by atoms with Crippen molar-refractivity contribution in [1.82, 2.24) is 20.0 Å². The molecule has 34 heavy (non-hydrogen) atoms. The summed E-state index contributed by atoms with van der Waals surface area (Å²) in [6, 6.07) is 5.01. The molecule has 0 bridgehead atoms. The normalized spacial score (nSPS) is 24.1. The number of imide groups is 1. The van der Waals surface area contributed by atoms with Gasteiger partial charge in [0.05, 0.1) is 6.54 Å². The minimum atomic E-state index is -0.841. The molecular weight excluding hydrogens is 434 g/mol. The maximum absolute atomic E-state index is 12.9. The molecule has 2 N–H and O–H groups in total. The third kappa shape index (κ3) is 4.99. The lowest BCUT2D eigenvalue weighted by molar-refractivity contribution is -0.127. The van der Waals surface area contributed by atoms with E-state index in [1.807, 2.05) is 17.9 Å². The molecule has 0 saturated carbocycles. The van der Waals surface area contributed by atoms with Gasteiger partial charge < -0.3 is 24.5 Å². The number of nitrogens with one attached hydrogen (secondary N) is 1. The van der Waals surface area contributed by atoms with E-state index in [0.717, 1.165) is 42.8 Å². The van der Waals surface area contributed by atoms with Crippen LogP contribution in [0, 0.1) is 6.92 Å². The number of fused-ring (bicyclic) bond motifs is 1. The summed E-state index contributed by atoms with van der Waals surface area (Å²) in [5.74, 6) is 1.38. The first-order valence-electron chi connectivity index (χ1n) is 12.3. The molecule has 0 spiro atoms. The van der Waals surface area contributed by atoms with E-state index in [4.69, 9.17) is 9.73 Å². The number of benzene rings is 1. The quantitative estimate of drug-likeness (QED) is 0.661. The number of aliphatic hydroxyl groups excluding tert-OH is 1.